The number of amides is 1. The molecule has 1 saturated heterocycles. The van der Waals surface area contributed by atoms with Gasteiger partial charge in [0, 0.05) is 18.2 Å². The Bertz CT molecular complexity index is 562. The number of nitrogens with zero attached hydrogens (tertiary/aromatic N) is 2. The molecule has 1 fully saturated rings. The highest BCUT2D eigenvalue weighted by molar-refractivity contribution is 5.95. The molecule has 0 saturated carbocycles. The largest absolute Gasteiger partial charge is 0.481 e. The Kier molecular flexibility index (Phi) is 4.36. The maximum absolute atomic E-state index is 12.5. The zero-order chi connectivity index (χ0) is 14.5. The number of hydrogen-bond donors (Lipinski definition) is 1. The Labute approximate surface area is 117 Å². The van der Waals surface area contributed by atoms with Gasteiger partial charge in [0.2, 0.25) is 0 Å². The van der Waals surface area contributed by atoms with Gasteiger partial charge in [-0.25, -0.2) is 0 Å². The Morgan fingerprint density at radius 1 is 1.40 bits per heavy atom. The van der Waals surface area contributed by atoms with Crippen molar-refractivity contribution in [2.75, 3.05) is 6.54 Å². The summed E-state index contributed by atoms with van der Waals surface area (Å²) in [6.45, 7) is 0.577. The van der Waals surface area contributed by atoms with Crippen LogP contribution >= 0.6 is 0 Å². The summed E-state index contributed by atoms with van der Waals surface area (Å²) in [6, 6.07) is 8.28. The second-order valence-corrected chi connectivity index (χ2v) is 4.94. The van der Waals surface area contributed by atoms with Crippen molar-refractivity contribution >= 4 is 11.9 Å². The Hall–Kier alpha value is -2.35. The van der Waals surface area contributed by atoms with Crippen molar-refractivity contribution in [3.8, 4) is 6.07 Å². The van der Waals surface area contributed by atoms with Crippen LogP contribution in [0.2, 0.25) is 0 Å². The Morgan fingerprint density at radius 2 is 2.20 bits per heavy atom. The van der Waals surface area contributed by atoms with E-state index in [0.29, 0.717) is 17.7 Å². The fraction of sp³-hybridized carbons (Fsp3) is 0.400. The predicted octanol–water partition coefficient (Wildman–Crippen LogP) is 2.03. The molecule has 1 aliphatic heterocycles. The molecule has 1 N–H and O–H groups in total. The molecule has 5 nitrogen and oxygen atoms in total. The fourth-order valence-electron chi connectivity index (χ4n) is 2.57. The minimum Gasteiger partial charge on any atom is -0.481 e. The maximum Gasteiger partial charge on any atom is 0.305 e. The second kappa shape index (κ2) is 6.20. The molecule has 1 atom stereocenters. The lowest BCUT2D eigenvalue weighted by Crippen LogP contribution is -2.44. The van der Waals surface area contributed by atoms with Gasteiger partial charge in [-0.15, -0.1) is 0 Å². The van der Waals surface area contributed by atoms with Crippen molar-refractivity contribution in [2.45, 2.75) is 31.7 Å². The maximum atomic E-state index is 12.5. The molecule has 5 heteroatoms. The molecule has 1 amide bonds. The number of likely N-dealkylation sites (tertiary alicyclic amines) is 1. The Morgan fingerprint density at radius 3 is 2.90 bits per heavy atom. The minimum atomic E-state index is -0.888. The topological polar surface area (TPSA) is 81.4 Å². The summed E-state index contributed by atoms with van der Waals surface area (Å²) in [4.78, 5) is 25.0. The monoisotopic (exact) mass is 272 g/mol. The summed E-state index contributed by atoms with van der Waals surface area (Å²) < 4.78 is 0. The first-order valence-electron chi connectivity index (χ1n) is 6.64. The molecule has 2 rings (SSSR count). The van der Waals surface area contributed by atoms with Gasteiger partial charge in [-0.2, -0.15) is 5.26 Å². The van der Waals surface area contributed by atoms with Gasteiger partial charge in [0.15, 0.2) is 0 Å². The molecular weight excluding hydrogens is 256 g/mol. The number of piperidine rings is 1. The third-order valence-corrected chi connectivity index (χ3v) is 3.54. The number of aliphatic carboxylic acids is 1. The van der Waals surface area contributed by atoms with E-state index in [9.17, 15) is 9.59 Å². The summed E-state index contributed by atoms with van der Waals surface area (Å²) in [5, 5.41) is 17.8. The molecule has 104 valence electrons. The summed E-state index contributed by atoms with van der Waals surface area (Å²) in [5.41, 5.74) is 0.879. The van der Waals surface area contributed by atoms with E-state index >= 15 is 0 Å². The van der Waals surface area contributed by atoms with E-state index in [1.54, 1.807) is 29.2 Å². The summed E-state index contributed by atoms with van der Waals surface area (Å²) in [5.74, 6) is -1.08. The second-order valence-electron chi connectivity index (χ2n) is 4.94. The highest BCUT2D eigenvalue weighted by Crippen LogP contribution is 2.22. The van der Waals surface area contributed by atoms with Gasteiger partial charge in [0.25, 0.3) is 5.91 Å². The zero-order valence-corrected chi connectivity index (χ0v) is 11.1. The third kappa shape index (κ3) is 3.15. The van der Waals surface area contributed by atoms with Crippen LogP contribution in [0.15, 0.2) is 24.3 Å². The van der Waals surface area contributed by atoms with Gasteiger partial charge in [-0.05, 0) is 37.5 Å². The van der Waals surface area contributed by atoms with Crippen molar-refractivity contribution in [1.82, 2.24) is 4.90 Å². The van der Waals surface area contributed by atoms with Gasteiger partial charge in [0.05, 0.1) is 18.1 Å². The molecule has 0 aliphatic carbocycles. The number of rotatable bonds is 3. The van der Waals surface area contributed by atoms with Crippen molar-refractivity contribution in [1.29, 1.82) is 5.26 Å². The van der Waals surface area contributed by atoms with Crippen molar-refractivity contribution < 1.29 is 14.7 Å². The first kappa shape index (κ1) is 14.1. The van der Waals surface area contributed by atoms with Crippen LogP contribution in [-0.2, 0) is 4.79 Å². The van der Waals surface area contributed by atoms with Gasteiger partial charge in [-0.3, -0.25) is 9.59 Å². The predicted molar refractivity (Wildman–Crippen MR) is 72.1 cm³/mol. The Balaban J connectivity index is 2.20. The van der Waals surface area contributed by atoms with Crippen LogP contribution in [0.3, 0.4) is 0 Å². The molecule has 0 spiro atoms. The molecule has 0 aromatic heterocycles. The van der Waals surface area contributed by atoms with Crippen LogP contribution < -0.4 is 0 Å². The van der Waals surface area contributed by atoms with Crippen LogP contribution in [-0.4, -0.2) is 34.5 Å². The van der Waals surface area contributed by atoms with E-state index in [-0.39, 0.29) is 18.4 Å². The van der Waals surface area contributed by atoms with E-state index in [1.165, 1.54) is 0 Å². The molecule has 1 heterocycles. The normalized spacial score (nSPS) is 18.4. The number of carbonyl (C=O) groups is 2. The van der Waals surface area contributed by atoms with Gasteiger partial charge in [0.1, 0.15) is 0 Å². The van der Waals surface area contributed by atoms with Crippen molar-refractivity contribution in [3.63, 3.8) is 0 Å². The molecule has 1 aromatic carbocycles. The standard InChI is InChI=1S/C15H16N2O3/c16-10-11-4-3-5-12(8-11)15(20)17-7-2-1-6-13(17)9-14(18)19/h3-5,8,13H,1-2,6-7,9H2,(H,18,19). The van der Waals surface area contributed by atoms with Crippen LogP contribution in [0.1, 0.15) is 41.6 Å². The lowest BCUT2D eigenvalue weighted by atomic mass is 9.98. The number of carbonyl (C=O) groups excluding carboxylic acids is 1. The van der Waals surface area contributed by atoms with Crippen LogP contribution in [0, 0.1) is 11.3 Å². The first-order chi connectivity index (χ1) is 9.61. The van der Waals surface area contributed by atoms with Gasteiger partial charge >= 0.3 is 5.97 Å². The van der Waals surface area contributed by atoms with Crippen LogP contribution in [0.25, 0.3) is 0 Å². The smallest absolute Gasteiger partial charge is 0.305 e. The number of carboxylic acids is 1. The lowest BCUT2D eigenvalue weighted by Gasteiger charge is -2.35. The number of nitriles is 1. The molecular formula is C15H16N2O3. The molecule has 0 bridgehead atoms. The number of hydrogen-bond acceptors (Lipinski definition) is 3. The third-order valence-electron chi connectivity index (χ3n) is 3.54. The van der Waals surface area contributed by atoms with E-state index in [4.69, 9.17) is 10.4 Å². The number of carboxylic acid groups (broad SMARTS) is 1. The summed E-state index contributed by atoms with van der Waals surface area (Å²) in [7, 11) is 0. The minimum absolute atomic E-state index is 0.0241. The lowest BCUT2D eigenvalue weighted by molar-refractivity contribution is -0.138. The van der Waals surface area contributed by atoms with E-state index in [2.05, 4.69) is 0 Å². The molecule has 20 heavy (non-hydrogen) atoms. The summed E-state index contributed by atoms with van der Waals surface area (Å²) >= 11 is 0. The quantitative estimate of drug-likeness (QED) is 0.912. The van der Waals surface area contributed by atoms with E-state index in [1.807, 2.05) is 6.07 Å². The molecule has 0 radical (unpaired) electrons. The van der Waals surface area contributed by atoms with Crippen molar-refractivity contribution in [3.05, 3.63) is 35.4 Å². The first-order valence-corrected chi connectivity index (χ1v) is 6.64. The van der Waals surface area contributed by atoms with Crippen LogP contribution in [0.5, 0.6) is 0 Å². The average Bonchev–Trinajstić information content (AvgIpc) is 2.46. The summed E-state index contributed by atoms with van der Waals surface area (Å²) in [6.07, 6.45) is 2.53. The molecule has 1 aliphatic rings. The SMILES string of the molecule is N#Cc1cccc(C(=O)N2CCCCC2CC(=O)O)c1. The zero-order valence-electron chi connectivity index (χ0n) is 11.1. The highest BCUT2D eigenvalue weighted by atomic mass is 16.4. The fourth-order valence-corrected chi connectivity index (χ4v) is 2.57. The van der Waals surface area contributed by atoms with Gasteiger partial charge in [-0.1, -0.05) is 6.07 Å². The molecule has 1 unspecified atom stereocenters. The van der Waals surface area contributed by atoms with Crippen molar-refractivity contribution in [2.24, 2.45) is 0 Å². The van der Waals surface area contributed by atoms with E-state index in [0.717, 1.165) is 19.3 Å². The van der Waals surface area contributed by atoms with E-state index < -0.39 is 5.97 Å². The van der Waals surface area contributed by atoms with Crippen LogP contribution in [0.4, 0.5) is 0 Å². The highest BCUT2D eigenvalue weighted by Gasteiger charge is 2.29. The number of benzene rings is 1. The van der Waals surface area contributed by atoms with Gasteiger partial charge < -0.3 is 10.0 Å². The molecule has 1 aromatic rings. The average molecular weight is 272 g/mol.